The van der Waals surface area contributed by atoms with Crippen LogP contribution in [0.1, 0.15) is 48.8 Å². The Kier molecular flexibility index (Phi) is 3.72. The van der Waals surface area contributed by atoms with Crippen molar-refractivity contribution in [1.82, 2.24) is 0 Å². The summed E-state index contributed by atoms with van der Waals surface area (Å²) < 4.78 is 5.98. The molecule has 0 bridgehead atoms. The minimum Gasteiger partial charge on any atom is -0.489 e. The largest absolute Gasteiger partial charge is 0.489 e. The van der Waals surface area contributed by atoms with E-state index in [-0.39, 0.29) is 0 Å². The first-order chi connectivity index (χ1) is 11.3. The highest BCUT2D eigenvalue weighted by molar-refractivity contribution is 5.73. The van der Waals surface area contributed by atoms with Gasteiger partial charge in [-0.3, -0.25) is 0 Å². The maximum atomic E-state index is 5.98. The molecule has 0 N–H and O–H groups in total. The normalized spacial score (nSPS) is 18.9. The van der Waals surface area contributed by atoms with Crippen LogP contribution in [0, 0.1) is 5.41 Å². The van der Waals surface area contributed by atoms with Gasteiger partial charge in [0.15, 0.2) is 0 Å². The van der Waals surface area contributed by atoms with Crippen molar-refractivity contribution in [1.29, 1.82) is 0 Å². The molecule has 1 nitrogen and oxygen atoms in total. The number of fused-ring (bicyclic) bond motifs is 1. The molecule has 4 rings (SSSR count). The lowest BCUT2D eigenvalue weighted by Gasteiger charge is -2.37. The highest BCUT2D eigenvalue weighted by Gasteiger charge is 2.39. The lowest BCUT2D eigenvalue weighted by atomic mass is 9.67. The van der Waals surface area contributed by atoms with Gasteiger partial charge in [-0.2, -0.15) is 0 Å². The fourth-order valence-electron chi connectivity index (χ4n) is 4.32. The monoisotopic (exact) mass is 304 g/mol. The Hall–Kier alpha value is -2.02. The minimum atomic E-state index is 0.402. The van der Waals surface area contributed by atoms with E-state index in [1.54, 1.807) is 0 Å². The van der Waals surface area contributed by atoms with Crippen LogP contribution in [0.15, 0.2) is 55.1 Å². The van der Waals surface area contributed by atoms with Crippen LogP contribution in [0.5, 0.6) is 5.75 Å². The second-order valence-electron chi connectivity index (χ2n) is 7.06. The van der Waals surface area contributed by atoms with Crippen molar-refractivity contribution in [3.63, 3.8) is 0 Å². The first-order valence-electron chi connectivity index (χ1n) is 8.76. The summed E-state index contributed by atoms with van der Waals surface area (Å²) in [5, 5.41) is 0. The predicted octanol–water partition coefficient (Wildman–Crippen LogP) is 5.79. The van der Waals surface area contributed by atoms with Crippen LogP contribution in [0.25, 0.3) is 5.57 Å². The van der Waals surface area contributed by atoms with E-state index in [1.807, 2.05) is 6.07 Å². The molecule has 0 amide bonds. The third-order valence-corrected chi connectivity index (χ3v) is 5.72. The third kappa shape index (κ3) is 2.69. The van der Waals surface area contributed by atoms with Gasteiger partial charge in [-0.1, -0.05) is 55.8 Å². The Morgan fingerprint density at radius 1 is 0.957 bits per heavy atom. The van der Waals surface area contributed by atoms with Crippen molar-refractivity contribution in [2.24, 2.45) is 5.41 Å². The minimum absolute atomic E-state index is 0.402. The first kappa shape index (κ1) is 14.6. The van der Waals surface area contributed by atoms with E-state index in [4.69, 9.17) is 4.74 Å². The molecule has 0 saturated heterocycles. The molecular weight excluding hydrogens is 280 g/mol. The second-order valence-corrected chi connectivity index (χ2v) is 7.06. The van der Waals surface area contributed by atoms with Crippen LogP contribution in [0.3, 0.4) is 0 Å². The van der Waals surface area contributed by atoms with Crippen molar-refractivity contribution in [2.45, 2.75) is 45.1 Å². The second kappa shape index (κ2) is 5.88. The molecule has 2 aromatic rings. The zero-order chi connectivity index (χ0) is 15.7. The van der Waals surface area contributed by atoms with Gasteiger partial charge in [-0.25, -0.2) is 0 Å². The molecule has 2 aromatic carbocycles. The molecule has 2 aliphatic rings. The standard InChI is InChI=1S/C22H24O/c1-17-21-10-9-20(23-16-18-7-3-2-4-8-18)15-19(21)11-14-22(17)12-5-6-13-22/h2-4,7-10,15H,1,5-6,11-14,16H2. The van der Waals surface area contributed by atoms with Crippen molar-refractivity contribution >= 4 is 5.57 Å². The van der Waals surface area contributed by atoms with Gasteiger partial charge in [-0.05, 0) is 65.5 Å². The van der Waals surface area contributed by atoms with E-state index < -0.39 is 0 Å². The Morgan fingerprint density at radius 2 is 1.74 bits per heavy atom. The van der Waals surface area contributed by atoms with Crippen molar-refractivity contribution < 1.29 is 4.74 Å². The number of hydrogen-bond donors (Lipinski definition) is 0. The van der Waals surface area contributed by atoms with E-state index in [0.717, 1.165) is 12.2 Å². The Morgan fingerprint density at radius 3 is 2.52 bits per heavy atom. The van der Waals surface area contributed by atoms with Gasteiger partial charge < -0.3 is 4.74 Å². The number of allylic oxidation sites excluding steroid dienone is 1. The van der Waals surface area contributed by atoms with Gasteiger partial charge in [0, 0.05) is 0 Å². The van der Waals surface area contributed by atoms with Gasteiger partial charge >= 0.3 is 0 Å². The summed E-state index contributed by atoms with van der Waals surface area (Å²) in [6.07, 6.45) is 7.83. The van der Waals surface area contributed by atoms with Crippen molar-refractivity contribution in [3.8, 4) is 5.75 Å². The van der Waals surface area contributed by atoms with Gasteiger partial charge in [0.1, 0.15) is 12.4 Å². The van der Waals surface area contributed by atoms with Crippen LogP contribution in [0.4, 0.5) is 0 Å². The van der Waals surface area contributed by atoms with E-state index in [0.29, 0.717) is 12.0 Å². The molecule has 1 saturated carbocycles. The van der Waals surface area contributed by atoms with Crippen molar-refractivity contribution in [3.05, 3.63) is 71.8 Å². The predicted molar refractivity (Wildman–Crippen MR) is 95.5 cm³/mol. The Bertz CT molecular complexity index is 708. The van der Waals surface area contributed by atoms with Gasteiger partial charge in [-0.15, -0.1) is 0 Å². The molecule has 0 radical (unpaired) electrons. The fourth-order valence-corrected chi connectivity index (χ4v) is 4.32. The molecule has 0 atom stereocenters. The average molecular weight is 304 g/mol. The molecule has 2 aliphatic carbocycles. The molecule has 1 heteroatoms. The average Bonchev–Trinajstić information content (AvgIpc) is 3.07. The van der Waals surface area contributed by atoms with Crippen molar-refractivity contribution in [2.75, 3.05) is 0 Å². The maximum absolute atomic E-state index is 5.98. The molecule has 0 aliphatic heterocycles. The van der Waals surface area contributed by atoms with Crippen LogP contribution >= 0.6 is 0 Å². The van der Waals surface area contributed by atoms with Gasteiger partial charge in [0.05, 0.1) is 0 Å². The van der Waals surface area contributed by atoms with Gasteiger partial charge in [0.25, 0.3) is 0 Å². The molecule has 23 heavy (non-hydrogen) atoms. The molecule has 118 valence electrons. The van der Waals surface area contributed by atoms with E-state index >= 15 is 0 Å². The zero-order valence-corrected chi connectivity index (χ0v) is 13.7. The van der Waals surface area contributed by atoms with Crippen LogP contribution in [-0.2, 0) is 13.0 Å². The number of hydrogen-bond acceptors (Lipinski definition) is 1. The molecule has 0 aromatic heterocycles. The SMILES string of the molecule is C=C1c2ccc(OCc3ccccc3)cc2CCC12CCCC2. The summed E-state index contributed by atoms with van der Waals surface area (Å²) in [5.74, 6) is 0.975. The maximum Gasteiger partial charge on any atom is 0.120 e. The molecular formula is C22H24O. The number of rotatable bonds is 3. The summed E-state index contributed by atoms with van der Waals surface area (Å²) in [7, 11) is 0. The smallest absolute Gasteiger partial charge is 0.120 e. The topological polar surface area (TPSA) is 9.23 Å². The molecule has 0 heterocycles. The molecule has 1 spiro atoms. The van der Waals surface area contributed by atoms with E-state index in [1.165, 1.54) is 54.4 Å². The van der Waals surface area contributed by atoms with Crippen LogP contribution in [0.2, 0.25) is 0 Å². The summed E-state index contributed by atoms with van der Waals surface area (Å²) in [6.45, 7) is 5.10. The fraction of sp³-hybridized carbons (Fsp3) is 0.364. The lowest BCUT2D eigenvalue weighted by molar-refractivity contribution is 0.305. The number of aryl methyl sites for hydroxylation is 1. The third-order valence-electron chi connectivity index (χ3n) is 5.72. The van der Waals surface area contributed by atoms with E-state index in [2.05, 4.69) is 49.0 Å². The number of ether oxygens (including phenoxy) is 1. The lowest BCUT2D eigenvalue weighted by Crippen LogP contribution is -2.24. The summed E-state index contributed by atoms with van der Waals surface area (Å²) >= 11 is 0. The van der Waals surface area contributed by atoms with E-state index in [9.17, 15) is 0 Å². The quantitative estimate of drug-likeness (QED) is 0.698. The Labute approximate surface area is 139 Å². The summed E-state index contributed by atoms with van der Waals surface area (Å²) in [4.78, 5) is 0. The first-order valence-corrected chi connectivity index (χ1v) is 8.76. The zero-order valence-electron chi connectivity index (χ0n) is 13.7. The van der Waals surface area contributed by atoms with Crippen LogP contribution < -0.4 is 4.74 Å². The summed E-state index contributed by atoms with van der Waals surface area (Å²) in [6, 6.07) is 16.9. The summed E-state index contributed by atoms with van der Waals surface area (Å²) in [5.41, 5.74) is 5.79. The van der Waals surface area contributed by atoms with Gasteiger partial charge in [0.2, 0.25) is 0 Å². The Balaban J connectivity index is 1.52. The van der Waals surface area contributed by atoms with Crippen LogP contribution in [-0.4, -0.2) is 0 Å². The highest BCUT2D eigenvalue weighted by atomic mass is 16.5. The molecule has 0 unspecified atom stereocenters. The molecule has 1 fully saturated rings. The number of benzene rings is 2. The highest BCUT2D eigenvalue weighted by Crippen LogP contribution is 2.54.